The molecule has 0 bridgehead atoms. The van der Waals surface area contributed by atoms with Crippen LogP contribution in [0.2, 0.25) is 0 Å². The molecule has 1 N–H and O–H groups in total. The van der Waals surface area contributed by atoms with Crippen LogP contribution in [0.5, 0.6) is 0 Å². The lowest BCUT2D eigenvalue weighted by Crippen LogP contribution is -2.39. The van der Waals surface area contributed by atoms with Crippen LogP contribution in [-0.4, -0.2) is 24.1 Å². The van der Waals surface area contributed by atoms with Gasteiger partial charge >= 0.3 is 0 Å². The summed E-state index contributed by atoms with van der Waals surface area (Å²) in [6.45, 7) is 14.4. The van der Waals surface area contributed by atoms with Crippen LogP contribution in [0.3, 0.4) is 0 Å². The zero-order valence-electron chi connectivity index (χ0n) is 13.6. The average Bonchev–Trinajstić information content (AvgIpc) is 2.40. The Labute approximate surface area is 123 Å². The number of aromatic nitrogens is 1. The fourth-order valence-electron chi connectivity index (χ4n) is 2.72. The topological polar surface area (TPSA) is 28.2 Å². The van der Waals surface area contributed by atoms with Crippen LogP contribution in [0.25, 0.3) is 0 Å². The summed E-state index contributed by atoms with van der Waals surface area (Å²) >= 11 is 0. The van der Waals surface area contributed by atoms with E-state index in [2.05, 4.69) is 57.0 Å². The van der Waals surface area contributed by atoms with Gasteiger partial charge in [0.2, 0.25) is 0 Å². The molecule has 112 valence electrons. The molecule has 0 saturated carbocycles. The molecule has 3 heteroatoms. The third kappa shape index (κ3) is 3.72. The SMILES string of the molecule is Cc1nc(N2CCC(C)C(C)C2)ccc1CNC(C)C. The van der Waals surface area contributed by atoms with E-state index in [4.69, 9.17) is 4.98 Å². The summed E-state index contributed by atoms with van der Waals surface area (Å²) in [5, 5.41) is 3.46. The van der Waals surface area contributed by atoms with Gasteiger partial charge in [0.05, 0.1) is 0 Å². The summed E-state index contributed by atoms with van der Waals surface area (Å²) in [6, 6.07) is 4.93. The molecule has 1 saturated heterocycles. The first kappa shape index (κ1) is 15.3. The lowest BCUT2D eigenvalue weighted by molar-refractivity contribution is 0.322. The van der Waals surface area contributed by atoms with Gasteiger partial charge in [0.25, 0.3) is 0 Å². The maximum Gasteiger partial charge on any atom is 0.128 e. The van der Waals surface area contributed by atoms with Gasteiger partial charge in [-0.15, -0.1) is 0 Å². The molecule has 0 spiro atoms. The Kier molecular flexibility index (Phi) is 5.03. The molecule has 1 aromatic rings. The zero-order valence-corrected chi connectivity index (χ0v) is 13.6. The van der Waals surface area contributed by atoms with Crippen molar-refractivity contribution in [2.45, 2.75) is 53.6 Å². The predicted molar refractivity (Wildman–Crippen MR) is 86.1 cm³/mol. The minimum atomic E-state index is 0.513. The van der Waals surface area contributed by atoms with Crippen molar-refractivity contribution in [1.29, 1.82) is 0 Å². The summed E-state index contributed by atoms with van der Waals surface area (Å²) in [5.41, 5.74) is 2.46. The van der Waals surface area contributed by atoms with Gasteiger partial charge in [-0.2, -0.15) is 0 Å². The van der Waals surface area contributed by atoms with Crippen molar-refractivity contribution in [3.8, 4) is 0 Å². The highest BCUT2D eigenvalue weighted by Crippen LogP contribution is 2.26. The first-order valence-electron chi connectivity index (χ1n) is 7.92. The molecule has 0 aliphatic carbocycles. The predicted octanol–water partition coefficient (Wildman–Crippen LogP) is 3.37. The molecule has 1 aromatic heterocycles. The van der Waals surface area contributed by atoms with E-state index in [9.17, 15) is 0 Å². The van der Waals surface area contributed by atoms with Crippen molar-refractivity contribution < 1.29 is 0 Å². The minimum absolute atomic E-state index is 0.513. The third-order valence-corrected chi connectivity index (χ3v) is 4.54. The van der Waals surface area contributed by atoms with Crippen molar-refractivity contribution in [2.24, 2.45) is 11.8 Å². The first-order chi connectivity index (χ1) is 9.47. The van der Waals surface area contributed by atoms with Crippen molar-refractivity contribution in [3.05, 3.63) is 23.4 Å². The van der Waals surface area contributed by atoms with Crippen LogP contribution in [0.4, 0.5) is 5.82 Å². The molecule has 20 heavy (non-hydrogen) atoms. The number of pyridine rings is 1. The van der Waals surface area contributed by atoms with E-state index in [1.807, 2.05) is 0 Å². The Morgan fingerprint density at radius 3 is 2.65 bits per heavy atom. The number of aryl methyl sites for hydroxylation is 1. The number of nitrogens with zero attached hydrogens (tertiary/aromatic N) is 2. The van der Waals surface area contributed by atoms with Crippen LogP contribution in [0.15, 0.2) is 12.1 Å². The zero-order chi connectivity index (χ0) is 14.7. The second-order valence-electron chi connectivity index (χ2n) is 6.64. The van der Waals surface area contributed by atoms with Gasteiger partial charge in [0, 0.05) is 31.4 Å². The summed E-state index contributed by atoms with van der Waals surface area (Å²) in [4.78, 5) is 7.26. The maximum atomic E-state index is 4.82. The lowest BCUT2D eigenvalue weighted by Gasteiger charge is -2.36. The Morgan fingerprint density at radius 2 is 2.05 bits per heavy atom. The quantitative estimate of drug-likeness (QED) is 0.913. The van der Waals surface area contributed by atoms with E-state index >= 15 is 0 Å². The molecular formula is C17H29N3. The Hall–Kier alpha value is -1.09. The fraction of sp³-hybridized carbons (Fsp3) is 0.706. The van der Waals surface area contributed by atoms with Crippen molar-refractivity contribution in [3.63, 3.8) is 0 Å². The third-order valence-electron chi connectivity index (χ3n) is 4.54. The molecule has 0 radical (unpaired) electrons. The van der Waals surface area contributed by atoms with E-state index in [0.717, 1.165) is 43.0 Å². The van der Waals surface area contributed by atoms with Gasteiger partial charge in [-0.3, -0.25) is 0 Å². The van der Waals surface area contributed by atoms with Crippen LogP contribution in [0, 0.1) is 18.8 Å². The molecule has 1 fully saturated rings. The van der Waals surface area contributed by atoms with Crippen molar-refractivity contribution in [1.82, 2.24) is 10.3 Å². The highest BCUT2D eigenvalue weighted by molar-refractivity contribution is 5.42. The molecular weight excluding hydrogens is 246 g/mol. The Bertz CT molecular complexity index is 442. The second kappa shape index (κ2) is 6.57. The van der Waals surface area contributed by atoms with Crippen molar-refractivity contribution in [2.75, 3.05) is 18.0 Å². The number of hydrogen-bond acceptors (Lipinski definition) is 3. The normalized spacial score (nSPS) is 23.4. The van der Waals surface area contributed by atoms with Gasteiger partial charge < -0.3 is 10.2 Å². The number of anilines is 1. The van der Waals surface area contributed by atoms with Gasteiger partial charge in [0.15, 0.2) is 0 Å². The molecule has 1 aliphatic heterocycles. The van der Waals surface area contributed by atoms with Crippen molar-refractivity contribution >= 4 is 5.82 Å². The standard InChI is InChI=1S/C17H29N3/c1-12(2)18-10-16-6-7-17(19-15(16)5)20-9-8-13(3)14(4)11-20/h6-7,12-14,18H,8-11H2,1-5H3. The van der Waals surface area contributed by atoms with E-state index < -0.39 is 0 Å². The monoisotopic (exact) mass is 275 g/mol. The molecule has 2 unspecified atom stereocenters. The molecule has 3 nitrogen and oxygen atoms in total. The molecule has 0 aromatic carbocycles. The second-order valence-corrected chi connectivity index (χ2v) is 6.64. The highest BCUT2D eigenvalue weighted by atomic mass is 15.2. The number of piperidine rings is 1. The van der Waals surface area contributed by atoms with E-state index in [1.165, 1.54) is 12.0 Å². The summed E-state index contributed by atoms with van der Waals surface area (Å²) in [6.07, 6.45) is 1.28. The minimum Gasteiger partial charge on any atom is -0.356 e. The Balaban J connectivity index is 2.05. The van der Waals surface area contributed by atoms with Crippen LogP contribution in [-0.2, 0) is 6.54 Å². The lowest BCUT2D eigenvalue weighted by atomic mass is 9.89. The van der Waals surface area contributed by atoms with Gasteiger partial charge in [-0.25, -0.2) is 4.98 Å². The van der Waals surface area contributed by atoms with Crippen LogP contribution < -0.4 is 10.2 Å². The van der Waals surface area contributed by atoms with Crippen LogP contribution >= 0.6 is 0 Å². The molecule has 1 aliphatic rings. The van der Waals surface area contributed by atoms with Gasteiger partial charge in [-0.05, 0) is 36.8 Å². The molecule has 2 rings (SSSR count). The first-order valence-corrected chi connectivity index (χ1v) is 7.92. The maximum absolute atomic E-state index is 4.82. The summed E-state index contributed by atoms with van der Waals surface area (Å²) in [7, 11) is 0. The molecule has 2 heterocycles. The van der Waals surface area contributed by atoms with Gasteiger partial charge in [-0.1, -0.05) is 33.8 Å². The summed E-state index contributed by atoms with van der Waals surface area (Å²) < 4.78 is 0. The van der Waals surface area contributed by atoms with E-state index in [0.29, 0.717) is 6.04 Å². The van der Waals surface area contributed by atoms with E-state index in [-0.39, 0.29) is 0 Å². The average molecular weight is 275 g/mol. The number of rotatable bonds is 4. The smallest absolute Gasteiger partial charge is 0.128 e. The van der Waals surface area contributed by atoms with E-state index in [1.54, 1.807) is 0 Å². The molecule has 0 amide bonds. The number of hydrogen-bond donors (Lipinski definition) is 1. The highest BCUT2D eigenvalue weighted by Gasteiger charge is 2.23. The van der Waals surface area contributed by atoms with Gasteiger partial charge in [0.1, 0.15) is 5.82 Å². The Morgan fingerprint density at radius 1 is 1.30 bits per heavy atom. The summed E-state index contributed by atoms with van der Waals surface area (Å²) in [5.74, 6) is 2.74. The van der Waals surface area contributed by atoms with Crippen LogP contribution in [0.1, 0.15) is 45.4 Å². The molecule has 2 atom stereocenters. The largest absolute Gasteiger partial charge is 0.356 e. The number of nitrogens with one attached hydrogen (secondary N) is 1. The fourth-order valence-corrected chi connectivity index (χ4v) is 2.72.